The lowest BCUT2D eigenvalue weighted by atomic mass is 10.2. The third-order valence-electron chi connectivity index (χ3n) is 2.16. The first-order valence-electron chi connectivity index (χ1n) is 4.31. The van der Waals surface area contributed by atoms with E-state index < -0.39 is 0 Å². The summed E-state index contributed by atoms with van der Waals surface area (Å²) in [6.07, 6.45) is 5.82. The zero-order chi connectivity index (χ0) is 6.81. The maximum absolute atomic E-state index is 3.45. The highest BCUT2D eigenvalue weighted by Gasteiger charge is 2.26. The molecular formula is C8H15NS. The van der Waals surface area contributed by atoms with E-state index in [0.29, 0.717) is 0 Å². The van der Waals surface area contributed by atoms with Crippen LogP contribution in [0.3, 0.4) is 0 Å². The van der Waals surface area contributed by atoms with Crippen LogP contribution < -0.4 is 5.32 Å². The highest BCUT2D eigenvalue weighted by atomic mass is 32.2. The van der Waals surface area contributed by atoms with E-state index >= 15 is 0 Å². The van der Waals surface area contributed by atoms with Gasteiger partial charge in [0.25, 0.3) is 0 Å². The minimum Gasteiger partial charge on any atom is -0.316 e. The van der Waals surface area contributed by atoms with Gasteiger partial charge in [-0.25, -0.2) is 0 Å². The summed E-state index contributed by atoms with van der Waals surface area (Å²) < 4.78 is 0. The minimum atomic E-state index is 0.946. The number of hydrogen-bond donors (Lipinski definition) is 1. The second-order valence-corrected chi connectivity index (χ2v) is 4.91. The Bertz CT molecular complexity index is 106. The van der Waals surface area contributed by atoms with Gasteiger partial charge < -0.3 is 5.32 Å². The van der Waals surface area contributed by atoms with Crippen molar-refractivity contribution in [3.05, 3.63) is 0 Å². The Morgan fingerprint density at radius 2 is 2.00 bits per heavy atom. The topological polar surface area (TPSA) is 12.0 Å². The zero-order valence-corrected chi connectivity index (χ0v) is 7.12. The summed E-state index contributed by atoms with van der Waals surface area (Å²) in [4.78, 5) is 0. The fourth-order valence-electron chi connectivity index (χ4n) is 1.41. The molecular weight excluding hydrogens is 142 g/mol. The van der Waals surface area contributed by atoms with Crippen LogP contribution in [-0.4, -0.2) is 23.6 Å². The Balaban J connectivity index is 1.69. The van der Waals surface area contributed by atoms with Crippen molar-refractivity contribution in [2.24, 2.45) is 0 Å². The Kier molecular flexibility index (Phi) is 2.19. The van der Waals surface area contributed by atoms with Crippen molar-refractivity contribution in [3.63, 3.8) is 0 Å². The maximum atomic E-state index is 3.45. The molecule has 2 aliphatic rings. The molecule has 1 saturated carbocycles. The molecule has 10 heavy (non-hydrogen) atoms. The molecule has 1 N–H and O–H groups in total. The van der Waals surface area contributed by atoms with E-state index in [2.05, 4.69) is 17.1 Å². The first-order chi connectivity index (χ1) is 4.95. The van der Waals surface area contributed by atoms with E-state index in [9.17, 15) is 0 Å². The highest BCUT2D eigenvalue weighted by molar-refractivity contribution is 8.00. The molecule has 0 amide bonds. The number of rotatable bonds is 2. The lowest BCUT2D eigenvalue weighted by Crippen LogP contribution is -2.31. The maximum Gasteiger partial charge on any atom is 0.0175 e. The molecule has 1 aliphatic heterocycles. The first kappa shape index (κ1) is 6.99. The zero-order valence-electron chi connectivity index (χ0n) is 6.31. The minimum absolute atomic E-state index is 0.946. The molecule has 2 rings (SSSR count). The van der Waals surface area contributed by atoms with E-state index in [0.717, 1.165) is 10.5 Å². The molecule has 0 radical (unpaired) electrons. The van der Waals surface area contributed by atoms with Crippen LogP contribution in [0.2, 0.25) is 0 Å². The summed E-state index contributed by atoms with van der Waals surface area (Å²) in [6.45, 7) is 2.52. The standard InChI is InChI=1S/C8H15NS/c1-2-8(6-9-5-1)10-7-3-4-7/h7-9H,1-6H2. The van der Waals surface area contributed by atoms with Gasteiger partial charge in [-0.05, 0) is 32.2 Å². The molecule has 0 spiro atoms. The quantitative estimate of drug-likeness (QED) is 0.654. The molecule has 1 aliphatic carbocycles. The van der Waals surface area contributed by atoms with Crippen LogP contribution in [0.25, 0.3) is 0 Å². The molecule has 0 aromatic heterocycles. The van der Waals surface area contributed by atoms with Crippen LogP contribution in [0.5, 0.6) is 0 Å². The van der Waals surface area contributed by atoms with E-state index in [1.165, 1.54) is 38.8 Å². The van der Waals surface area contributed by atoms with Gasteiger partial charge in [-0.15, -0.1) is 0 Å². The van der Waals surface area contributed by atoms with Crippen LogP contribution in [0, 0.1) is 0 Å². The molecule has 2 heteroatoms. The Labute approximate surface area is 67.0 Å². The second-order valence-electron chi connectivity index (χ2n) is 3.30. The SMILES string of the molecule is C1CNCC(SC2CC2)C1. The predicted molar refractivity (Wildman–Crippen MR) is 46.5 cm³/mol. The average molecular weight is 157 g/mol. The molecule has 1 heterocycles. The monoisotopic (exact) mass is 157 g/mol. The molecule has 1 unspecified atom stereocenters. The number of hydrogen-bond acceptors (Lipinski definition) is 2. The van der Waals surface area contributed by atoms with Gasteiger partial charge in [-0.3, -0.25) is 0 Å². The summed E-state index contributed by atoms with van der Waals surface area (Å²) in [5, 5.41) is 5.44. The van der Waals surface area contributed by atoms with E-state index in [4.69, 9.17) is 0 Å². The highest BCUT2D eigenvalue weighted by Crippen LogP contribution is 2.38. The number of thioether (sulfide) groups is 1. The largest absolute Gasteiger partial charge is 0.316 e. The van der Waals surface area contributed by atoms with Gasteiger partial charge in [0.05, 0.1) is 0 Å². The van der Waals surface area contributed by atoms with Crippen LogP contribution in [0.1, 0.15) is 25.7 Å². The molecule has 2 fully saturated rings. The van der Waals surface area contributed by atoms with Crippen LogP contribution in [0.15, 0.2) is 0 Å². The molecule has 58 valence electrons. The van der Waals surface area contributed by atoms with Gasteiger partial charge in [0, 0.05) is 17.0 Å². The van der Waals surface area contributed by atoms with E-state index in [-0.39, 0.29) is 0 Å². The summed E-state index contributed by atoms with van der Waals surface area (Å²) >= 11 is 2.22. The van der Waals surface area contributed by atoms with Gasteiger partial charge in [0.15, 0.2) is 0 Å². The van der Waals surface area contributed by atoms with Crippen molar-refractivity contribution in [1.29, 1.82) is 0 Å². The Morgan fingerprint density at radius 1 is 1.10 bits per heavy atom. The Hall–Kier alpha value is 0.310. The summed E-state index contributed by atoms with van der Waals surface area (Å²) in [5.74, 6) is 0. The van der Waals surface area contributed by atoms with Crippen LogP contribution >= 0.6 is 11.8 Å². The van der Waals surface area contributed by atoms with Gasteiger partial charge in [0.2, 0.25) is 0 Å². The fraction of sp³-hybridized carbons (Fsp3) is 1.00. The predicted octanol–water partition coefficient (Wildman–Crippen LogP) is 1.63. The van der Waals surface area contributed by atoms with E-state index in [1.807, 2.05) is 0 Å². The van der Waals surface area contributed by atoms with Gasteiger partial charge >= 0.3 is 0 Å². The molecule has 1 saturated heterocycles. The van der Waals surface area contributed by atoms with Gasteiger partial charge in [0.1, 0.15) is 0 Å². The van der Waals surface area contributed by atoms with Gasteiger partial charge in [-0.1, -0.05) is 0 Å². The molecule has 0 aromatic carbocycles. The molecule has 0 aromatic rings. The van der Waals surface area contributed by atoms with Crippen molar-refractivity contribution in [2.75, 3.05) is 13.1 Å². The number of piperidine rings is 1. The summed E-state index contributed by atoms with van der Waals surface area (Å²) in [6, 6.07) is 0. The molecule has 1 nitrogen and oxygen atoms in total. The fourth-order valence-corrected chi connectivity index (χ4v) is 2.88. The van der Waals surface area contributed by atoms with Crippen molar-refractivity contribution in [3.8, 4) is 0 Å². The van der Waals surface area contributed by atoms with Crippen molar-refractivity contribution in [1.82, 2.24) is 5.32 Å². The summed E-state index contributed by atoms with van der Waals surface area (Å²) in [5.41, 5.74) is 0. The summed E-state index contributed by atoms with van der Waals surface area (Å²) in [7, 11) is 0. The smallest absolute Gasteiger partial charge is 0.0175 e. The van der Waals surface area contributed by atoms with Crippen molar-refractivity contribution < 1.29 is 0 Å². The van der Waals surface area contributed by atoms with Crippen LogP contribution in [-0.2, 0) is 0 Å². The van der Waals surface area contributed by atoms with Crippen molar-refractivity contribution in [2.45, 2.75) is 36.2 Å². The normalized spacial score (nSPS) is 34.2. The third-order valence-corrected chi connectivity index (χ3v) is 3.80. The average Bonchev–Trinajstić information content (AvgIpc) is 2.74. The van der Waals surface area contributed by atoms with Crippen molar-refractivity contribution >= 4 is 11.8 Å². The lowest BCUT2D eigenvalue weighted by Gasteiger charge is -2.21. The first-order valence-corrected chi connectivity index (χ1v) is 5.25. The second kappa shape index (κ2) is 3.14. The Morgan fingerprint density at radius 3 is 2.60 bits per heavy atom. The van der Waals surface area contributed by atoms with Gasteiger partial charge in [-0.2, -0.15) is 11.8 Å². The molecule has 0 bridgehead atoms. The van der Waals surface area contributed by atoms with Crippen LogP contribution in [0.4, 0.5) is 0 Å². The lowest BCUT2D eigenvalue weighted by molar-refractivity contribution is 0.531. The number of nitrogens with one attached hydrogen (secondary N) is 1. The third kappa shape index (κ3) is 1.89. The van der Waals surface area contributed by atoms with E-state index in [1.54, 1.807) is 0 Å². The molecule has 1 atom stereocenters.